The van der Waals surface area contributed by atoms with Gasteiger partial charge in [0.2, 0.25) is 0 Å². The molecule has 0 atom stereocenters. The topological polar surface area (TPSA) is 43.8 Å². The zero-order valence-electron chi connectivity index (χ0n) is 10.4. The van der Waals surface area contributed by atoms with Crippen LogP contribution in [0.5, 0.6) is 0 Å². The summed E-state index contributed by atoms with van der Waals surface area (Å²) in [6, 6.07) is 3.58. The number of aromatic nitrogens is 2. The molecule has 0 saturated carbocycles. The van der Waals surface area contributed by atoms with Crippen LogP contribution in [0.2, 0.25) is 0 Å². The van der Waals surface area contributed by atoms with Gasteiger partial charge < -0.3 is 10.3 Å². The van der Waals surface area contributed by atoms with Crippen molar-refractivity contribution >= 4 is 0 Å². The van der Waals surface area contributed by atoms with Gasteiger partial charge >= 0.3 is 0 Å². The Hall–Kier alpha value is -1.75. The number of hydrogen-bond donors (Lipinski definition) is 1. The molecule has 2 rings (SSSR count). The van der Waals surface area contributed by atoms with E-state index >= 15 is 0 Å². The average Bonchev–Trinajstić information content (AvgIpc) is 2.60. The number of benzene rings is 1. The van der Waals surface area contributed by atoms with Gasteiger partial charge in [-0.05, 0) is 18.6 Å². The van der Waals surface area contributed by atoms with Gasteiger partial charge in [-0.1, -0.05) is 6.07 Å². The molecular weight excluding hydrogens is 236 g/mol. The fourth-order valence-electron chi connectivity index (χ4n) is 1.89. The van der Waals surface area contributed by atoms with Crippen LogP contribution in [0.1, 0.15) is 22.8 Å². The Kier molecular flexibility index (Phi) is 3.43. The first-order valence-electron chi connectivity index (χ1n) is 5.68. The summed E-state index contributed by atoms with van der Waals surface area (Å²) < 4.78 is 28.3. The fourth-order valence-corrected chi connectivity index (χ4v) is 1.89. The monoisotopic (exact) mass is 251 g/mol. The highest BCUT2D eigenvalue weighted by Crippen LogP contribution is 2.17. The minimum absolute atomic E-state index is 0.337. The minimum atomic E-state index is -0.573. The van der Waals surface area contributed by atoms with E-state index in [-0.39, 0.29) is 0 Å². The Balaban J connectivity index is 2.34. The third-order valence-electron chi connectivity index (χ3n) is 3.13. The van der Waals surface area contributed by atoms with E-state index in [4.69, 9.17) is 5.73 Å². The Morgan fingerprint density at radius 1 is 1.33 bits per heavy atom. The van der Waals surface area contributed by atoms with E-state index in [1.54, 1.807) is 0 Å². The Bertz CT molecular complexity index is 576. The summed E-state index contributed by atoms with van der Waals surface area (Å²) in [6.07, 6.45) is 0.339. The molecule has 0 aliphatic carbocycles. The summed E-state index contributed by atoms with van der Waals surface area (Å²) in [4.78, 5) is 4.36. The van der Waals surface area contributed by atoms with Gasteiger partial charge in [0.25, 0.3) is 0 Å². The summed E-state index contributed by atoms with van der Waals surface area (Å²) in [5.74, 6) is -0.365. The molecule has 96 valence electrons. The maximum absolute atomic E-state index is 13.6. The standard InChI is InChI=1S/C13H15F2N3/c1-8-12(17-13(7-16)18(8)2)5-9-3-4-10(14)6-11(9)15/h3-4,6H,5,7,16H2,1-2H3. The number of hydrogen-bond acceptors (Lipinski definition) is 2. The van der Waals surface area contributed by atoms with Crippen molar-refractivity contribution < 1.29 is 8.78 Å². The third-order valence-corrected chi connectivity index (χ3v) is 3.13. The molecular formula is C13H15F2N3. The normalized spacial score (nSPS) is 10.9. The van der Waals surface area contributed by atoms with E-state index in [0.717, 1.165) is 23.3 Å². The van der Waals surface area contributed by atoms with Gasteiger partial charge in [-0.25, -0.2) is 13.8 Å². The number of nitrogens with two attached hydrogens (primary N) is 1. The highest BCUT2D eigenvalue weighted by atomic mass is 19.1. The summed E-state index contributed by atoms with van der Waals surface area (Å²) in [5, 5.41) is 0. The first kappa shape index (κ1) is 12.7. The summed E-state index contributed by atoms with van der Waals surface area (Å²) in [5.41, 5.74) is 7.71. The van der Waals surface area contributed by atoms with Crippen LogP contribution in [0, 0.1) is 18.6 Å². The highest BCUT2D eigenvalue weighted by Gasteiger charge is 2.12. The second-order valence-electron chi connectivity index (χ2n) is 4.24. The molecule has 1 heterocycles. The van der Waals surface area contributed by atoms with Gasteiger partial charge in [0.05, 0.1) is 12.2 Å². The first-order valence-corrected chi connectivity index (χ1v) is 5.68. The summed E-state index contributed by atoms with van der Waals surface area (Å²) in [7, 11) is 1.87. The van der Waals surface area contributed by atoms with Crippen molar-refractivity contribution in [1.29, 1.82) is 0 Å². The largest absolute Gasteiger partial charge is 0.334 e. The highest BCUT2D eigenvalue weighted by molar-refractivity contribution is 5.27. The average molecular weight is 251 g/mol. The molecule has 2 aromatic rings. The lowest BCUT2D eigenvalue weighted by Crippen LogP contribution is -2.05. The van der Waals surface area contributed by atoms with Crippen molar-refractivity contribution in [3.63, 3.8) is 0 Å². The van der Waals surface area contributed by atoms with Crippen LogP contribution < -0.4 is 5.73 Å². The number of rotatable bonds is 3. The molecule has 0 saturated heterocycles. The SMILES string of the molecule is Cc1c(Cc2ccc(F)cc2F)nc(CN)n1C. The van der Waals surface area contributed by atoms with E-state index in [2.05, 4.69) is 4.98 Å². The van der Waals surface area contributed by atoms with Crippen molar-refractivity contribution in [2.45, 2.75) is 19.9 Å². The van der Waals surface area contributed by atoms with Crippen molar-refractivity contribution in [2.75, 3.05) is 0 Å². The zero-order valence-corrected chi connectivity index (χ0v) is 10.4. The lowest BCUT2D eigenvalue weighted by molar-refractivity contribution is 0.574. The Morgan fingerprint density at radius 2 is 2.06 bits per heavy atom. The molecule has 0 aliphatic heterocycles. The number of halogens is 2. The predicted molar refractivity (Wildman–Crippen MR) is 65.0 cm³/mol. The molecule has 0 bridgehead atoms. The lowest BCUT2D eigenvalue weighted by atomic mass is 10.1. The molecule has 2 N–H and O–H groups in total. The molecule has 1 aromatic carbocycles. The maximum atomic E-state index is 13.6. The van der Waals surface area contributed by atoms with Gasteiger partial charge in [0.15, 0.2) is 0 Å². The van der Waals surface area contributed by atoms with Crippen LogP contribution in [-0.2, 0) is 20.0 Å². The molecule has 5 heteroatoms. The van der Waals surface area contributed by atoms with Crippen LogP contribution in [0.15, 0.2) is 18.2 Å². The van der Waals surface area contributed by atoms with Crippen LogP contribution >= 0.6 is 0 Å². The van der Waals surface area contributed by atoms with Crippen LogP contribution in [0.3, 0.4) is 0 Å². The smallest absolute Gasteiger partial charge is 0.129 e. The van der Waals surface area contributed by atoms with Crippen molar-refractivity contribution in [1.82, 2.24) is 9.55 Å². The molecule has 0 fully saturated rings. The van der Waals surface area contributed by atoms with Crippen molar-refractivity contribution in [2.24, 2.45) is 12.8 Å². The second kappa shape index (κ2) is 4.86. The van der Waals surface area contributed by atoms with Crippen molar-refractivity contribution in [3.05, 3.63) is 52.6 Å². The maximum Gasteiger partial charge on any atom is 0.129 e. The molecule has 0 amide bonds. The molecule has 0 aliphatic rings. The molecule has 1 aromatic heterocycles. The van der Waals surface area contributed by atoms with Crippen LogP contribution in [0.25, 0.3) is 0 Å². The van der Waals surface area contributed by atoms with E-state index in [9.17, 15) is 8.78 Å². The first-order chi connectivity index (χ1) is 8.52. The molecule has 0 spiro atoms. The molecule has 3 nitrogen and oxygen atoms in total. The van der Waals surface area contributed by atoms with E-state index in [1.807, 2.05) is 18.5 Å². The Labute approximate surface area is 104 Å². The van der Waals surface area contributed by atoms with Crippen molar-refractivity contribution in [3.8, 4) is 0 Å². The molecule has 0 radical (unpaired) electrons. The Morgan fingerprint density at radius 3 is 2.61 bits per heavy atom. The lowest BCUT2D eigenvalue weighted by Gasteiger charge is -2.03. The zero-order chi connectivity index (χ0) is 13.3. The van der Waals surface area contributed by atoms with Crippen LogP contribution in [0.4, 0.5) is 8.78 Å². The van der Waals surface area contributed by atoms with Gasteiger partial charge in [0.1, 0.15) is 17.5 Å². The predicted octanol–water partition coefficient (Wildman–Crippen LogP) is 2.06. The van der Waals surface area contributed by atoms with Gasteiger partial charge in [-0.3, -0.25) is 0 Å². The minimum Gasteiger partial charge on any atom is -0.334 e. The number of imidazole rings is 1. The van der Waals surface area contributed by atoms with Gasteiger partial charge in [0, 0.05) is 25.2 Å². The third kappa shape index (κ3) is 2.26. The summed E-state index contributed by atoms with van der Waals surface area (Å²) >= 11 is 0. The van der Waals surface area contributed by atoms with Gasteiger partial charge in [-0.2, -0.15) is 0 Å². The van der Waals surface area contributed by atoms with E-state index < -0.39 is 11.6 Å². The van der Waals surface area contributed by atoms with Gasteiger partial charge in [-0.15, -0.1) is 0 Å². The quantitative estimate of drug-likeness (QED) is 0.907. The summed E-state index contributed by atoms with van der Waals surface area (Å²) in [6.45, 7) is 2.24. The fraction of sp³-hybridized carbons (Fsp3) is 0.308. The van der Waals surface area contributed by atoms with Crippen LogP contribution in [-0.4, -0.2) is 9.55 Å². The number of nitrogens with zero attached hydrogens (tertiary/aromatic N) is 2. The molecule has 0 unspecified atom stereocenters. The van der Waals surface area contributed by atoms with E-state index in [1.165, 1.54) is 12.1 Å². The van der Waals surface area contributed by atoms with E-state index in [0.29, 0.717) is 18.5 Å². The molecule has 18 heavy (non-hydrogen) atoms. The second-order valence-corrected chi connectivity index (χ2v) is 4.24.